The van der Waals surface area contributed by atoms with Gasteiger partial charge in [0.15, 0.2) is 0 Å². The number of fused-ring (bicyclic) bond motifs is 1. The molecule has 3 saturated heterocycles. The number of amides is 4. The summed E-state index contributed by atoms with van der Waals surface area (Å²) in [6.45, 7) is 1.08. The zero-order valence-electron chi connectivity index (χ0n) is 12.4. The number of carbonyl (C=O) groups is 3. The minimum absolute atomic E-state index is 0.213. The third-order valence-electron chi connectivity index (χ3n) is 4.84. The number of hydrogen-bond donors (Lipinski definition) is 0. The van der Waals surface area contributed by atoms with Gasteiger partial charge in [-0.05, 0) is 37.5 Å². The van der Waals surface area contributed by atoms with Crippen molar-refractivity contribution in [3.63, 3.8) is 0 Å². The molecule has 1 aromatic carbocycles. The lowest BCUT2D eigenvalue weighted by Crippen LogP contribution is -2.46. The molecule has 2 atom stereocenters. The van der Waals surface area contributed by atoms with Crippen LogP contribution in [0.3, 0.4) is 0 Å². The predicted molar refractivity (Wildman–Crippen MR) is 84.2 cm³/mol. The van der Waals surface area contributed by atoms with Crippen LogP contribution in [0.25, 0.3) is 0 Å². The van der Waals surface area contributed by atoms with Gasteiger partial charge in [0.1, 0.15) is 12.1 Å². The van der Waals surface area contributed by atoms with Gasteiger partial charge < -0.3 is 9.80 Å². The summed E-state index contributed by atoms with van der Waals surface area (Å²) in [5.74, 6) is -0.436. The molecule has 3 aliphatic rings. The SMILES string of the molecule is O=C1[C@@H](N2C(=O)[C@@H]3CCCN3C2=O)CCN1c1cccc(Cl)c1. The van der Waals surface area contributed by atoms with E-state index in [1.165, 1.54) is 4.90 Å². The van der Waals surface area contributed by atoms with Gasteiger partial charge in [-0.1, -0.05) is 17.7 Å². The molecule has 3 aliphatic heterocycles. The lowest BCUT2D eigenvalue weighted by Gasteiger charge is -2.22. The summed E-state index contributed by atoms with van der Waals surface area (Å²) in [4.78, 5) is 42.1. The van der Waals surface area contributed by atoms with Crippen molar-refractivity contribution >= 4 is 35.1 Å². The maximum atomic E-state index is 12.7. The van der Waals surface area contributed by atoms with Gasteiger partial charge in [0.25, 0.3) is 5.91 Å². The summed E-state index contributed by atoms with van der Waals surface area (Å²) in [5, 5.41) is 0.549. The minimum atomic E-state index is -0.695. The average molecular weight is 334 g/mol. The highest BCUT2D eigenvalue weighted by Crippen LogP contribution is 2.33. The molecule has 1 aromatic rings. The molecule has 0 aliphatic carbocycles. The fraction of sp³-hybridized carbons (Fsp3) is 0.438. The maximum Gasteiger partial charge on any atom is 0.328 e. The largest absolute Gasteiger partial charge is 0.328 e. The van der Waals surface area contributed by atoms with Crippen LogP contribution in [0, 0.1) is 0 Å². The quantitative estimate of drug-likeness (QED) is 0.776. The number of imide groups is 1. The molecule has 0 radical (unpaired) electrons. The smallest absolute Gasteiger partial charge is 0.312 e. The lowest BCUT2D eigenvalue weighted by atomic mass is 10.1. The summed E-state index contributed by atoms with van der Waals surface area (Å²) in [7, 11) is 0. The molecule has 7 heteroatoms. The summed E-state index contributed by atoms with van der Waals surface area (Å²) >= 11 is 5.98. The number of anilines is 1. The number of rotatable bonds is 2. The van der Waals surface area contributed by atoms with E-state index in [0.717, 1.165) is 6.42 Å². The average Bonchev–Trinajstić information content (AvgIpc) is 3.19. The Balaban J connectivity index is 1.59. The van der Waals surface area contributed by atoms with E-state index in [2.05, 4.69) is 0 Å². The van der Waals surface area contributed by atoms with Crippen LogP contribution in [0.15, 0.2) is 24.3 Å². The second-order valence-electron chi connectivity index (χ2n) is 6.12. The molecule has 120 valence electrons. The highest BCUT2D eigenvalue weighted by molar-refractivity contribution is 6.31. The molecule has 3 fully saturated rings. The van der Waals surface area contributed by atoms with E-state index in [1.807, 2.05) is 0 Å². The van der Waals surface area contributed by atoms with E-state index in [4.69, 9.17) is 11.6 Å². The van der Waals surface area contributed by atoms with Gasteiger partial charge in [0, 0.05) is 23.8 Å². The normalized spacial score (nSPS) is 27.3. The first kappa shape index (κ1) is 14.5. The summed E-state index contributed by atoms with van der Waals surface area (Å²) in [6, 6.07) is 5.66. The molecule has 6 nitrogen and oxygen atoms in total. The van der Waals surface area contributed by atoms with Gasteiger partial charge in [0.05, 0.1) is 0 Å². The van der Waals surface area contributed by atoms with E-state index in [9.17, 15) is 14.4 Å². The Labute approximate surface area is 138 Å². The molecule has 0 spiro atoms. The molecule has 23 heavy (non-hydrogen) atoms. The molecule has 3 heterocycles. The zero-order valence-corrected chi connectivity index (χ0v) is 13.2. The van der Waals surface area contributed by atoms with Crippen molar-refractivity contribution in [1.82, 2.24) is 9.80 Å². The Hall–Kier alpha value is -2.08. The lowest BCUT2D eigenvalue weighted by molar-refractivity contribution is -0.133. The standard InChI is InChI=1S/C16H16ClN3O3/c17-10-3-1-4-11(9-10)18-8-6-13(14(18)21)20-15(22)12-5-2-7-19(12)16(20)23/h1,3-4,9,12-13H,2,5-8H2/t12-,13-/m0/s1. The number of benzene rings is 1. The summed E-state index contributed by atoms with van der Waals surface area (Å²) in [6.07, 6.45) is 2.01. The van der Waals surface area contributed by atoms with E-state index >= 15 is 0 Å². The van der Waals surface area contributed by atoms with Crippen molar-refractivity contribution < 1.29 is 14.4 Å². The van der Waals surface area contributed by atoms with Crippen LogP contribution in [-0.4, -0.2) is 52.8 Å². The van der Waals surface area contributed by atoms with Gasteiger partial charge in [-0.3, -0.25) is 9.59 Å². The number of halogens is 1. The maximum absolute atomic E-state index is 12.7. The fourth-order valence-electron chi connectivity index (χ4n) is 3.74. The van der Waals surface area contributed by atoms with Crippen molar-refractivity contribution in [3.8, 4) is 0 Å². The fourth-order valence-corrected chi connectivity index (χ4v) is 3.92. The predicted octanol–water partition coefficient (Wildman–Crippen LogP) is 1.87. The van der Waals surface area contributed by atoms with Crippen LogP contribution in [0.5, 0.6) is 0 Å². The Morgan fingerprint density at radius 3 is 2.57 bits per heavy atom. The Morgan fingerprint density at radius 2 is 1.83 bits per heavy atom. The molecule has 0 bridgehead atoms. The van der Waals surface area contributed by atoms with Gasteiger partial charge in [0.2, 0.25) is 5.91 Å². The number of carbonyl (C=O) groups excluding carboxylic acids is 3. The van der Waals surface area contributed by atoms with Crippen LogP contribution in [0.1, 0.15) is 19.3 Å². The van der Waals surface area contributed by atoms with Crippen LogP contribution >= 0.6 is 11.6 Å². The Bertz CT molecular complexity index is 686. The van der Waals surface area contributed by atoms with Crippen molar-refractivity contribution in [1.29, 1.82) is 0 Å². The van der Waals surface area contributed by atoms with Crippen LogP contribution in [0.4, 0.5) is 10.5 Å². The van der Waals surface area contributed by atoms with Crippen LogP contribution in [-0.2, 0) is 9.59 Å². The minimum Gasteiger partial charge on any atom is -0.312 e. The molecule has 0 aromatic heterocycles. The van der Waals surface area contributed by atoms with Gasteiger partial charge in [-0.15, -0.1) is 0 Å². The van der Waals surface area contributed by atoms with E-state index in [0.29, 0.717) is 36.6 Å². The monoisotopic (exact) mass is 333 g/mol. The number of urea groups is 1. The first-order chi connectivity index (χ1) is 11.1. The highest BCUT2D eigenvalue weighted by Gasteiger charge is 2.53. The second-order valence-corrected chi connectivity index (χ2v) is 6.55. The third kappa shape index (κ3) is 2.12. The third-order valence-corrected chi connectivity index (χ3v) is 5.07. The highest BCUT2D eigenvalue weighted by atomic mass is 35.5. The molecule has 0 unspecified atom stereocenters. The van der Waals surface area contributed by atoms with Crippen LogP contribution in [0.2, 0.25) is 5.02 Å². The van der Waals surface area contributed by atoms with Gasteiger partial charge >= 0.3 is 6.03 Å². The van der Waals surface area contributed by atoms with E-state index < -0.39 is 6.04 Å². The topological polar surface area (TPSA) is 60.9 Å². The molecule has 0 saturated carbocycles. The van der Waals surface area contributed by atoms with E-state index in [-0.39, 0.29) is 23.9 Å². The molecule has 4 amide bonds. The van der Waals surface area contributed by atoms with Crippen LogP contribution < -0.4 is 4.90 Å². The Morgan fingerprint density at radius 1 is 1.00 bits per heavy atom. The second kappa shape index (κ2) is 5.23. The van der Waals surface area contributed by atoms with Crippen molar-refractivity contribution in [3.05, 3.63) is 29.3 Å². The van der Waals surface area contributed by atoms with Gasteiger partial charge in [-0.25, -0.2) is 9.69 Å². The van der Waals surface area contributed by atoms with E-state index in [1.54, 1.807) is 34.1 Å². The van der Waals surface area contributed by atoms with Gasteiger partial charge in [-0.2, -0.15) is 0 Å². The summed E-state index contributed by atoms with van der Waals surface area (Å²) < 4.78 is 0. The van der Waals surface area contributed by atoms with Crippen molar-refractivity contribution in [2.45, 2.75) is 31.3 Å². The number of nitrogens with zero attached hydrogens (tertiary/aromatic N) is 3. The zero-order chi connectivity index (χ0) is 16.1. The molecular formula is C16H16ClN3O3. The first-order valence-electron chi connectivity index (χ1n) is 7.78. The number of hydrogen-bond acceptors (Lipinski definition) is 3. The molecule has 0 N–H and O–H groups in total. The first-order valence-corrected chi connectivity index (χ1v) is 8.16. The summed E-state index contributed by atoms with van der Waals surface area (Å²) in [5.41, 5.74) is 0.699. The molecule has 4 rings (SSSR count). The van der Waals surface area contributed by atoms with Crippen molar-refractivity contribution in [2.24, 2.45) is 0 Å². The van der Waals surface area contributed by atoms with Crippen molar-refractivity contribution in [2.75, 3.05) is 18.0 Å². The molecular weight excluding hydrogens is 318 g/mol. The Kier molecular flexibility index (Phi) is 3.30.